The van der Waals surface area contributed by atoms with Crippen LogP contribution < -0.4 is 0 Å². The Morgan fingerprint density at radius 2 is 2.45 bits per heavy atom. The zero-order valence-electron chi connectivity index (χ0n) is 6.28. The Balaban J connectivity index is 2.07. The van der Waals surface area contributed by atoms with Crippen molar-refractivity contribution in [2.24, 2.45) is 5.92 Å². The van der Waals surface area contributed by atoms with Crippen LogP contribution in [0.2, 0.25) is 0 Å². The molecule has 0 bridgehead atoms. The summed E-state index contributed by atoms with van der Waals surface area (Å²) in [6.45, 7) is 0.481. The van der Waals surface area contributed by atoms with Crippen LogP contribution in [0.3, 0.4) is 0 Å². The molecular formula is C7H10O4. The molecule has 0 N–H and O–H groups in total. The topological polar surface area (TPSA) is 44.8 Å². The fraction of sp³-hybridized carbons (Fsp3) is 0.857. The standard InChI is InChI=1S/C7H10O4/c1-9-7-4-2-6(8)11-5(4)3-10-7/h4-5,7H,2-3H2,1H3/t4-,5-,7-/m0/s1. The van der Waals surface area contributed by atoms with Crippen LogP contribution in [0.25, 0.3) is 0 Å². The molecule has 62 valence electrons. The summed E-state index contributed by atoms with van der Waals surface area (Å²) in [4.78, 5) is 10.8. The van der Waals surface area contributed by atoms with Crippen LogP contribution in [0, 0.1) is 5.92 Å². The van der Waals surface area contributed by atoms with E-state index in [9.17, 15) is 4.79 Å². The van der Waals surface area contributed by atoms with Crippen molar-refractivity contribution >= 4 is 5.97 Å². The highest BCUT2D eigenvalue weighted by Crippen LogP contribution is 2.33. The SMILES string of the molecule is CO[C@H]1OC[C@@H]2OC(=O)C[C@H]12. The predicted octanol–water partition coefficient (Wildman–Crippen LogP) is -0.0792. The molecule has 3 atom stereocenters. The van der Waals surface area contributed by atoms with Crippen LogP contribution in [0.4, 0.5) is 0 Å². The second-order valence-electron chi connectivity index (χ2n) is 2.83. The number of carbonyl (C=O) groups excluding carboxylic acids is 1. The highest BCUT2D eigenvalue weighted by molar-refractivity contribution is 5.72. The number of hydrogen-bond acceptors (Lipinski definition) is 4. The fourth-order valence-electron chi connectivity index (χ4n) is 1.61. The third-order valence-electron chi connectivity index (χ3n) is 2.17. The summed E-state index contributed by atoms with van der Waals surface area (Å²) in [6.07, 6.45) is 0.127. The predicted molar refractivity (Wildman–Crippen MR) is 34.7 cm³/mol. The molecule has 11 heavy (non-hydrogen) atoms. The van der Waals surface area contributed by atoms with E-state index in [1.807, 2.05) is 0 Å². The Labute approximate surface area is 64.4 Å². The molecule has 2 aliphatic heterocycles. The van der Waals surface area contributed by atoms with E-state index in [2.05, 4.69) is 0 Å². The van der Waals surface area contributed by atoms with Crippen LogP contribution in [-0.4, -0.2) is 32.1 Å². The molecule has 2 aliphatic rings. The van der Waals surface area contributed by atoms with E-state index in [1.54, 1.807) is 7.11 Å². The molecule has 0 saturated carbocycles. The average molecular weight is 158 g/mol. The molecule has 0 aromatic carbocycles. The molecule has 4 nitrogen and oxygen atoms in total. The van der Waals surface area contributed by atoms with Gasteiger partial charge in [-0.2, -0.15) is 0 Å². The first kappa shape index (κ1) is 7.06. The van der Waals surface area contributed by atoms with Gasteiger partial charge in [0.1, 0.15) is 6.10 Å². The van der Waals surface area contributed by atoms with Gasteiger partial charge in [0.2, 0.25) is 0 Å². The molecule has 0 spiro atoms. The van der Waals surface area contributed by atoms with Crippen molar-refractivity contribution in [3.8, 4) is 0 Å². The maximum atomic E-state index is 10.8. The number of rotatable bonds is 1. The second-order valence-corrected chi connectivity index (χ2v) is 2.83. The first-order chi connectivity index (χ1) is 5.31. The van der Waals surface area contributed by atoms with Crippen molar-refractivity contribution in [2.75, 3.05) is 13.7 Å². The van der Waals surface area contributed by atoms with Gasteiger partial charge in [0, 0.05) is 7.11 Å². The van der Waals surface area contributed by atoms with Crippen molar-refractivity contribution in [3.63, 3.8) is 0 Å². The quantitative estimate of drug-likeness (QED) is 0.501. The van der Waals surface area contributed by atoms with Gasteiger partial charge < -0.3 is 14.2 Å². The Morgan fingerprint density at radius 3 is 3.18 bits per heavy atom. The van der Waals surface area contributed by atoms with Crippen LogP contribution in [0.15, 0.2) is 0 Å². The first-order valence-corrected chi connectivity index (χ1v) is 3.65. The average Bonchev–Trinajstić information content (AvgIpc) is 2.45. The summed E-state index contributed by atoms with van der Waals surface area (Å²) in [5.74, 6) is -0.0159. The third kappa shape index (κ3) is 1.02. The smallest absolute Gasteiger partial charge is 0.306 e. The molecule has 0 unspecified atom stereocenters. The lowest BCUT2D eigenvalue weighted by Gasteiger charge is -2.11. The van der Waals surface area contributed by atoms with E-state index in [1.165, 1.54) is 0 Å². The molecule has 0 aromatic heterocycles. The number of methoxy groups -OCH3 is 1. The van der Waals surface area contributed by atoms with Crippen molar-refractivity contribution in [1.29, 1.82) is 0 Å². The summed E-state index contributed by atoms with van der Waals surface area (Å²) in [5.41, 5.74) is 0. The minimum Gasteiger partial charge on any atom is -0.459 e. The van der Waals surface area contributed by atoms with Crippen molar-refractivity contribution in [3.05, 3.63) is 0 Å². The number of carbonyl (C=O) groups is 1. The van der Waals surface area contributed by atoms with Crippen molar-refractivity contribution < 1.29 is 19.0 Å². The van der Waals surface area contributed by atoms with Crippen LogP contribution >= 0.6 is 0 Å². The molecule has 2 fully saturated rings. The minimum atomic E-state index is -0.244. The summed E-state index contributed by atoms with van der Waals surface area (Å²) >= 11 is 0. The highest BCUT2D eigenvalue weighted by atomic mass is 16.7. The fourth-order valence-corrected chi connectivity index (χ4v) is 1.61. The van der Waals surface area contributed by atoms with Crippen LogP contribution in [0.1, 0.15) is 6.42 Å². The molecule has 0 aromatic rings. The largest absolute Gasteiger partial charge is 0.459 e. The molecule has 4 heteroatoms. The number of fused-ring (bicyclic) bond motifs is 1. The third-order valence-corrected chi connectivity index (χ3v) is 2.17. The zero-order valence-corrected chi connectivity index (χ0v) is 6.28. The molecule has 2 heterocycles. The molecule has 2 rings (SSSR count). The number of hydrogen-bond donors (Lipinski definition) is 0. The second kappa shape index (κ2) is 2.46. The van der Waals surface area contributed by atoms with Gasteiger partial charge in [0.25, 0.3) is 0 Å². The normalized spacial score (nSPS) is 42.3. The molecule has 0 radical (unpaired) electrons. The highest BCUT2D eigenvalue weighted by Gasteiger charge is 2.46. The monoisotopic (exact) mass is 158 g/mol. The van der Waals surface area contributed by atoms with E-state index in [-0.39, 0.29) is 24.3 Å². The lowest BCUT2D eigenvalue weighted by atomic mass is 10.0. The first-order valence-electron chi connectivity index (χ1n) is 3.65. The summed E-state index contributed by atoms with van der Waals surface area (Å²) in [6, 6.07) is 0. The molecule has 0 amide bonds. The summed E-state index contributed by atoms with van der Waals surface area (Å²) in [7, 11) is 1.58. The van der Waals surface area contributed by atoms with Gasteiger partial charge in [0.15, 0.2) is 6.29 Å². The zero-order chi connectivity index (χ0) is 7.84. The van der Waals surface area contributed by atoms with E-state index in [0.717, 1.165) is 0 Å². The van der Waals surface area contributed by atoms with Gasteiger partial charge >= 0.3 is 5.97 Å². The lowest BCUT2D eigenvalue weighted by Crippen LogP contribution is -2.20. The van der Waals surface area contributed by atoms with Crippen LogP contribution in [0.5, 0.6) is 0 Å². The molecule has 2 saturated heterocycles. The van der Waals surface area contributed by atoms with Gasteiger partial charge in [-0.25, -0.2) is 0 Å². The molecular weight excluding hydrogens is 148 g/mol. The van der Waals surface area contributed by atoms with Gasteiger partial charge in [-0.05, 0) is 0 Å². The minimum absolute atomic E-state index is 0.0625. The van der Waals surface area contributed by atoms with E-state index < -0.39 is 0 Å². The van der Waals surface area contributed by atoms with Gasteiger partial charge in [0.05, 0.1) is 18.9 Å². The Morgan fingerprint density at radius 1 is 1.64 bits per heavy atom. The Bertz CT molecular complexity index is 179. The summed E-state index contributed by atoms with van der Waals surface area (Å²) < 4.78 is 15.2. The maximum Gasteiger partial charge on any atom is 0.306 e. The van der Waals surface area contributed by atoms with Gasteiger partial charge in [-0.1, -0.05) is 0 Å². The van der Waals surface area contributed by atoms with Gasteiger partial charge in [-0.15, -0.1) is 0 Å². The number of esters is 1. The van der Waals surface area contributed by atoms with Crippen molar-refractivity contribution in [2.45, 2.75) is 18.8 Å². The van der Waals surface area contributed by atoms with E-state index >= 15 is 0 Å². The van der Waals surface area contributed by atoms with E-state index in [4.69, 9.17) is 14.2 Å². The Hall–Kier alpha value is -0.610. The maximum absolute atomic E-state index is 10.8. The number of ether oxygens (including phenoxy) is 3. The molecule has 0 aliphatic carbocycles. The van der Waals surface area contributed by atoms with Gasteiger partial charge in [-0.3, -0.25) is 4.79 Å². The summed E-state index contributed by atoms with van der Waals surface area (Å²) in [5, 5.41) is 0. The van der Waals surface area contributed by atoms with Crippen LogP contribution in [-0.2, 0) is 19.0 Å². The lowest BCUT2D eigenvalue weighted by molar-refractivity contribution is -0.146. The Kier molecular flexibility index (Phi) is 1.58. The van der Waals surface area contributed by atoms with E-state index in [0.29, 0.717) is 13.0 Å². The van der Waals surface area contributed by atoms with Crippen molar-refractivity contribution in [1.82, 2.24) is 0 Å².